The predicted octanol–water partition coefficient (Wildman–Crippen LogP) is 3.06. The second kappa shape index (κ2) is 8.79. The van der Waals surface area contributed by atoms with Crippen molar-refractivity contribution < 1.29 is 14.4 Å². The Morgan fingerprint density at radius 1 is 1.05 bits per heavy atom. The third-order valence-electron chi connectivity index (χ3n) is 6.61. The van der Waals surface area contributed by atoms with Crippen LogP contribution in [0, 0.1) is 0 Å². The number of carbonyl (C=O) groups is 1. The number of nitrogens with one attached hydrogen (secondary N) is 1. The molecule has 11 nitrogen and oxygen atoms in total. The normalized spacial score (nSPS) is 18.5. The van der Waals surface area contributed by atoms with Crippen molar-refractivity contribution in [2.75, 3.05) is 18.9 Å². The van der Waals surface area contributed by atoms with E-state index in [1.807, 2.05) is 48.0 Å². The Hall–Kier alpha value is -4.64. The molecule has 1 saturated heterocycles. The molecule has 0 saturated carbocycles. The molecule has 1 aliphatic rings. The lowest BCUT2D eigenvalue weighted by molar-refractivity contribution is -0.144. The van der Waals surface area contributed by atoms with Crippen molar-refractivity contribution >= 4 is 17.5 Å². The highest BCUT2D eigenvalue weighted by Crippen LogP contribution is 2.34. The average molecular weight is 497 g/mol. The molecule has 186 valence electrons. The molecule has 1 amide bonds. The van der Waals surface area contributed by atoms with Gasteiger partial charge in [0, 0.05) is 50.9 Å². The first-order chi connectivity index (χ1) is 17.9. The highest BCUT2D eigenvalue weighted by Gasteiger charge is 2.48. The molecule has 5 aromatic rings. The number of amides is 1. The molecule has 11 heteroatoms. The van der Waals surface area contributed by atoms with E-state index < -0.39 is 11.5 Å². The molecule has 1 fully saturated rings. The molecule has 0 bridgehead atoms. The van der Waals surface area contributed by atoms with Crippen LogP contribution in [-0.4, -0.2) is 59.0 Å². The fraction of sp³-hybridized carbons (Fsp3) is 0.231. The summed E-state index contributed by atoms with van der Waals surface area (Å²) in [5, 5.41) is 18.2. The minimum atomic E-state index is -1.70. The largest absolute Gasteiger partial charge is 0.373 e. The number of aliphatic hydroxyl groups is 1. The Kier molecular flexibility index (Phi) is 5.41. The smallest absolute Gasteiger partial charge is 0.262 e. The number of anilines is 1. The molecular weight excluding hydrogens is 472 g/mol. The number of likely N-dealkylation sites (tertiary alicyclic amines) is 1. The second-order valence-corrected chi connectivity index (χ2v) is 9.11. The van der Waals surface area contributed by atoms with Gasteiger partial charge in [0.25, 0.3) is 5.91 Å². The van der Waals surface area contributed by atoms with Gasteiger partial charge < -0.3 is 24.2 Å². The summed E-state index contributed by atoms with van der Waals surface area (Å²) in [7, 11) is 1.65. The van der Waals surface area contributed by atoms with Crippen LogP contribution in [0.2, 0.25) is 0 Å². The number of likely N-dealkylation sites (N-methyl/N-ethyl adjacent to an activating group) is 1. The van der Waals surface area contributed by atoms with Crippen LogP contribution in [0.4, 0.5) is 5.95 Å². The molecule has 1 aliphatic heterocycles. The Morgan fingerprint density at radius 3 is 2.68 bits per heavy atom. The van der Waals surface area contributed by atoms with Crippen LogP contribution < -0.4 is 5.32 Å². The molecule has 2 atom stereocenters. The van der Waals surface area contributed by atoms with Gasteiger partial charge >= 0.3 is 0 Å². The molecule has 6 rings (SSSR count). The minimum absolute atomic E-state index is 0.0435. The molecule has 0 unspecified atom stereocenters. The van der Waals surface area contributed by atoms with E-state index in [0.717, 1.165) is 11.2 Å². The first kappa shape index (κ1) is 22.8. The van der Waals surface area contributed by atoms with E-state index in [4.69, 9.17) is 4.52 Å². The lowest BCUT2D eigenvalue weighted by atomic mass is 9.98. The van der Waals surface area contributed by atoms with Crippen molar-refractivity contribution in [3.63, 3.8) is 0 Å². The monoisotopic (exact) mass is 496 g/mol. The predicted molar refractivity (Wildman–Crippen MR) is 134 cm³/mol. The Bertz CT molecular complexity index is 1610. The molecule has 0 spiro atoms. The zero-order valence-electron chi connectivity index (χ0n) is 20.2. The van der Waals surface area contributed by atoms with Gasteiger partial charge in [0.2, 0.25) is 11.5 Å². The number of carbonyl (C=O) groups excluding carboxylic acids is 1. The van der Waals surface area contributed by atoms with Gasteiger partial charge in [0.1, 0.15) is 11.3 Å². The Labute approximate surface area is 211 Å². The van der Waals surface area contributed by atoms with Crippen molar-refractivity contribution in [3.8, 4) is 22.8 Å². The number of imidazole rings is 1. The highest BCUT2D eigenvalue weighted by atomic mass is 16.5. The summed E-state index contributed by atoms with van der Waals surface area (Å²) in [6.45, 7) is 2.48. The van der Waals surface area contributed by atoms with Crippen LogP contribution in [0.3, 0.4) is 0 Å². The average Bonchev–Trinajstić information content (AvgIpc) is 3.66. The summed E-state index contributed by atoms with van der Waals surface area (Å²) in [5.74, 6) is 0.176. The number of rotatable bonds is 6. The van der Waals surface area contributed by atoms with Gasteiger partial charge in [-0.15, -0.1) is 0 Å². The summed E-state index contributed by atoms with van der Waals surface area (Å²) in [4.78, 5) is 31.9. The number of nitrogens with zero attached hydrogens (tertiary/aromatic N) is 7. The van der Waals surface area contributed by atoms with E-state index in [2.05, 4.69) is 30.4 Å². The fourth-order valence-electron chi connectivity index (χ4n) is 4.43. The van der Waals surface area contributed by atoms with Crippen molar-refractivity contribution in [2.24, 2.45) is 0 Å². The minimum Gasteiger partial charge on any atom is -0.373 e. The van der Waals surface area contributed by atoms with Crippen LogP contribution >= 0.6 is 0 Å². The number of fused-ring (bicyclic) bond motifs is 1. The molecule has 37 heavy (non-hydrogen) atoms. The Balaban J connectivity index is 1.23. The van der Waals surface area contributed by atoms with Crippen LogP contribution in [0.25, 0.3) is 28.4 Å². The number of hydrogen-bond donors (Lipinski definition) is 2. The molecular formula is C26H24N8O3. The van der Waals surface area contributed by atoms with Crippen LogP contribution in [0.15, 0.2) is 71.8 Å². The van der Waals surface area contributed by atoms with E-state index in [1.165, 1.54) is 4.90 Å². The van der Waals surface area contributed by atoms with E-state index in [9.17, 15) is 9.90 Å². The second-order valence-electron chi connectivity index (χ2n) is 9.11. The lowest BCUT2D eigenvalue weighted by Gasteiger charge is -2.16. The van der Waals surface area contributed by atoms with Crippen LogP contribution in [0.5, 0.6) is 0 Å². The van der Waals surface area contributed by atoms with E-state index in [1.54, 1.807) is 37.6 Å². The van der Waals surface area contributed by atoms with Gasteiger partial charge in [-0.3, -0.25) is 4.79 Å². The standard InChI is InChI=1S/C26H24N8O3/c1-16(17-6-7-23-27-11-13-34(23)15-17)29-25-28-10-8-20(31-25)18-4-3-5-19(30-18)21-14-22(37-32-21)26(36)9-12-33(2)24(26)35/h3-8,10-11,13-16,36H,9,12H2,1-2H3,(H,28,29,31)/t16-,26+/m0/s1. The van der Waals surface area contributed by atoms with Crippen LogP contribution in [-0.2, 0) is 10.4 Å². The van der Waals surface area contributed by atoms with Gasteiger partial charge in [0.15, 0.2) is 5.76 Å². The molecule has 5 aromatic heterocycles. The molecule has 0 aromatic carbocycles. The Morgan fingerprint density at radius 2 is 1.86 bits per heavy atom. The highest BCUT2D eigenvalue weighted by molar-refractivity contribution is 5.87. The number of pyridine rings is 2. The lowest BCUT2D eigenvalue weighted by Crippen LogP contribution is -2.35. The molecule has 2 N–H and O–H groups in total. The van der Waals surface area contributed by atoms with Gasteiger partial charge in [-0.25, -0.2) is 19.9 Å². The van der Waals surface area contributed by atoms with Crippen molar-refractivity contribution in [1.82, 2.24) is 34.4 Å². The number of hydrogen-bond acceptors (Lipinski definition) is 9. The van der Waals surface area contributed by atoms with Crippen molar-refractivity contribution in [2.45, 2.75) is 25.0 Å². The molecule has 0 radical (unpaired) electrons. The quantitative estimate of drug-likeness (QED) is 0.364. The first-order valence-corrected chi connectivity index (χ1v) is 11.9. The zero-order chi connectivity index (χ0) is 25.6. The summed E-state index contributed by atoms with van der Waals surface area (Å²) >= 11 is 0. The zero-order valence-corrected chi connectivity index (χ0v) is 20.2. The summed E-state index contributed by atoms with van der Waals surface area (Å²) < 4.78 is 7.34. The van der Waals surface area contributed by atoms with E-state index in [0.29, 0.717) is 35.3 Å². The van der Waals surface area contributed by atoms with Gasteiger partial charge in [-0.1, -0.05) is 17.3 Å². The SMILES string of the molecule is C[C@H](Nc1nccc(-c2cccc(-c3cc([C@]4(O)CCN(C)C4=O)on3)n2)n1)c1ccc2nccn2c1. The van der Waals surface area contributed by atoms with Gasteiger partial charge in [-0.2, -0.15) is 0 Å². The maximum Gasteiger partial charge on any atom is 0.262 e. The molecule has 0 aliphatic carbocycles. The van der Waals surface area contributed by atoms with E-state index in [-0.39, 0.29) is 18.2 Å². The maximum atomic E-state index is 12.4. The third-order valence-corrected chi connectivity index (χ3v) is 6.61. The van der Waals surface area contributed by atoms with Crippen LogP contribution in [0.1, 0.15) is 30.7 Å². The molecule has 6 heterocycles. The van der Waals surface area contributed by atoms with Gasteiger partial charge in [-0.05, 0) is 36.8 Å². The van der Waals surface area contributed by atoms with E-state index >= 15 is 0 Å². The summed E-state index contributed by atoms with van der Waals surface area (Å²) in [5.41, 5.74) is 2.45. The first-order valence-electron chi connectivity index (χ1n) is 11.9. The van der Waals surface area contributed by atoms with Crippen molar-refractivity contribution in [1.29, 1.82) is 0 Å². The summed E-state index contributed by atoms with van der Waals surface area (Å²) in [6, 6.07) is 12.8. The van der Waals surface area contributed by atoms with Gasteiger partial charge in [0.05, 0.1) is 23.1 Å². The maximum absolute atomic E-state index is 12.4. The number of aromatic nitrogens is 6. The summed E-state index contributed by atoms with van der Waals surface area (Å²) in [6.07, 6.45) is 7.62. The topological polar surface area (TPSA) is 135 Å². The third kappa shape index (κ3) is 4.08. The fourth-order valence-corrected chi connectivity index (χ4v) is 4.43. The van der Waals surface area contributed by atoms with Crippen molar-refractivity contribution in [3.05, 3.63) is 78.6 Å².